The smallest absolute Gasteiger partial charge is 0.0775 e. The lowest BCUT2D eigenvalue weighted by Gasteiger charge is -2.16. The minimum atomic E-state index is -1.18. The molecule has 0 saturated heterocycles. The third-order valence-electron chi connectivity index (χ3n) is 3.56. The number of nitrogens with one attached hydrogen (secondary N) is 1. The van der Waals surface area contributed by atoms with E-state index >= 15 is 0 Å². The summed E-state index contributed by atoms with van der Waals surface area (Å²) in [5.74, 6) is 0. The average Bonchev–Trinajstić information content (AvgIpc) is 2.40. The molecular weight excluding hydrogens is 260 g/mol. The minimum absolute atomic E-state index is 0.822. The van der Waals surface area contributed by atoms with Crippen molar-refractivity contribution < 1.29 is 0 Å². The maximum Gasteiger partial charge on any atom is 0.0775 e. The van der Waals surface area contributed by atoms with Crippen molar-refractivity contribution in [1.82, 2.24) is 10.3 Å². The quantitative estimate of drug-likeness (QED) is 0.853. The molecule has 0 aliphatic carbocycles. The van der Waals surface area contributed by atoms with Gasteiger partial charge >= 0.3 is 0 Å². The number of hydrogen-bond acceptors (Lipinski definition) is 2. The van der Waals surface area contributed by atoms with Crippen LogP contribution in [0.5, 0.6) is 0 Å². The predicted molar refractivity (Wildman–Crippen MR) is 88.9 cm³/mol. The van der Waals surface area contributed by atoms with Crippen LogP contribution >= 0.6 is 0 Å². The van der Waals surface area contributed by atoms with Crippen molar-refractivity contribution in [2.75, 3.05) is 0 Å². The van der Waals surface area contributed by atoms with E-state index < -0.39 is 8.07 Å². The van der Waals surface area contributed by atoms with Gasteiger partial charge in [-0.25, -0.2) is 0 Å². The molecule has 1 aromatic carbocycles. The van der Waals surface area contributed by atoms with Crippen LogP contribution in [0, 0.1) is 6.92 Å². The Kier molecular flexibility index (Phi) is 4.73. The summed E-state index contributed by atoms with van der Waals surface area (Å²) in [6.07, 6.45) is 1.85. The molecule has 0 aliphatic heterocycles. The molecule has 0 bridgehead atoms. The Balaban J connectivity index is 1.90. The maximum absolute atomic E-state index is 4.40. The molecule has 2 rings (SSSR count). The van der Waals surface area contributed by atoms with Crippen LogP contribution in [0.2, 0.25) is 19.6 Å². The topological polar surface area (TPSA) is 24.9 Å². The molecule has 0 radical (unpaired) electrons. The highest BCUT2D eigenvalue weighted by molar-refractivity contribution is 6.88. The molecule has 0 saturated carbocycles. The first kappa shape index (κ1) is 14.9. The van der Waals surface area contributed by atoms with E-state index in [0.717, 1.165) is 18.8 Å². The van der Waals surface area contributed by atoms with Gasteiger partial charge in [-0.3, -0.25) is 4.98 Å². The number of aryl methyl sites for hydroxylation is 1. The Labute approximate surface area is 123 Å². The first-order chi connectivity index (χ1) is 9.47. The summed E-state index contributed by atoms with van der Waals surface area (Å²) in [6, 6.07) is 13.1. The van der Waals surface area contributed by atoms with E-state index in [2.05, 4.69) is 67.2 Å². The van der Waals surface area contributed by atoms with Crippen LogP contribution in [0.3, 0.4) is 0 Å². The van der Waals surface area contributed by atoms with Gasteiger partial charge in [0.1, 0.15) is 0 Å². The summed E-state index contributed by atoms with van der Waals surface area (Å²) in [4.78, 5) is 4.40. The fourth-order valence-electron chi connectivity index (χ4n) is 2.15. The van der Waals surface area contributed by atoms with Crippen molar-refractivity contribution in [2.45, 2.75) is 39.7 Å². The van der Waals surface area contributed by atoms with E-state index in [-0.39, 0.29) is 0 Å². The summed E-state index contributed by atoms with van der Waals surface area (Å²) < 4.78 is 0. The SMILES string of the molecule is Cc1cccnc1CNCc1ccc([Si](C)(C)C)cc1. The Morgan fingerprint density at radius 2 is 1.70 bits per heavy atom. The van der Waals surface area contributed by atoms with Gasteiger partial charge in [-0.2, -0.15) is 0 Å². The van der Waals surface area contributed by atoms with Gasteiger partial charge in [-0.1, -0.05) is 55.2 Å². The molecule has 106 valence electrons. The first-order valence-corrected chi connectivity index (χ1v) is 10.7. The zero-order chi connectivity index (χ0) is 14.6. The second kappa shape index (κ2) is 6.33. The van der Waals surface area contributed by atoms with E-state index in [1.54, 1.807) is 0 Å². The van der Waals surface area contributed by atoms with E-state index in [0.29, 0.717) is 0 Å². The molecule has 0 unspecified atom stereocenters. The van der Waals surface area contributed by atoms with Crippen molar-refractivity contribution >= 4 is 13.3 Å². The first-order valence-electron chi connectivity index (χ1n) is 7.17. The Hall–Kier alpha value is -1.45. The lowest BCUT2D eigenvalue weighted by atomic mass is 10.2. The number of nitrogens with zero attached hydrogens (tertiary/aromatic N) is 1. The van der Waals surface area contributed by atoms with E-state index in [9.17, 15) is 0 Å². The highest BCUT2D eigenvalue weighted by Gasteiger charge is 2.15. The normalized spacial score (nSPS) is 11.6. The fourth-order valence-corrected chi connectivity index (χ4v) is 3.32. The van der Waals surface area contributed by atoms with Crippen LogP contribution in [0.15, 0.2) is 42.6 Å². The number of aromatic nitrogens is 1. The van der Waals surface area contributed by atoms with Crippen molar-refractivity contribution in [3.8, 4) is 0 Å². The molecule has 0 fully saturated rings. The molecule has 1 N–H and O–H groups in total. The summed E-state index contributed by atoms with van der Waals surface area (Å²) in [5.41, 5.74) is 3.71. The van der Waals surface area contributed by atoms with Crippen molar-refractivity contribution in [3.05, 3.63) is 59.4 Å². The molecule has 0 amide bonds. The standard InChI is InChI=1S/C17H24N2Si/c1-14-6-5-11-19-17(14)13-18-12-15-7-9-16(10-8-15)20(2,3)4/h5-11,18H,12-13H2,1-4H3. The van der Waals surface area contributed by atoms with Crippen molar-refractivity contribution in [3.63, 3.8) is 0 Å². The molecule has 2 aromatic rings. The summed E-state index contributed by atoms with van der Waals surface area (Å²) >= 11 is 0. The van der Waals surface area contributed by atoms with Crippen LogP contribution in [0.25, 0.3) is 0 Å². The van der Waals surface area contributed by atoms with Gasteiger partial charge in [-0.15, -0.1) is 0 Å². The van der Waals surface area contributed by atoms with Gasteiger partial charge in [0.05, 0.1) is 13.8 Å². The van der Waals surface area contributed by atoms with Gasteiger partial charge in [-0.05, 0) is 24.1 Å². The maximum atomic E-state index is 4.40. The Bertz CT molecular complexity index is 556. The number of pyridine rings is 1. The zero-order valence-electron chi connectivity index (χ0n) is 12.9. The zero-order valence-corrected chi connectivity index (χ0v) is 13.9. The highest BCUT2D eigenvalue weighted by atomic mass is 28.3. The molecule has 20 heavy (non-hydrogen) atoms. The third-order valence-corrected chi connectivity index (χ3v) is 5.62. The lowest BCUT2D eigenvalue weighted by molar-refractivity contribution is 0.676. The molecule has 1 aromatic heterocycles. The second-order valence-electron chi connectivity index (χ2n) is 6.32. The Morgan fingerprint density at radius 3 is 2.30 bits per heavy atom. The fraction of sp³-hybridized carbons (Fsp3) is 0.353. The third kappa shape index (κ3) is 4.02. The van der Waals surface area contributed by atoms with E-state index in [4.69, 9.17) is 0 Å². The minimum Gasteiger partial charge on any atom is -0.307 e. The molecule has 0 atom stereocenters. The summed E-state index contributed by atoms with van der Waals surface area (Å²) in [5, 5.41) is 4.98. The van der Waals surface area contributed by atoms with Gasteiger partial charge in [0.2, 0.25) is 0 Å². The van der Waals surface area contributed by atoms with Gasteiger partial charge < -0.3 is 5.32 Å². The van der Waals surface area contributed by atoms with Crippen molar-refractivity contribution in [2.24, 2.45) is 0 Å². The highest BCUT2D eigenvalue weighted by Crippen LogP contribution is 2.06. The Morgan fingerprint density at radius 1 is 1.00 bits per heavy atom. The molecule has 1 heterocycles. The van der Waals surface area contributed by atoms with Crippen LogP contribution < -0.4 is 10.5 Å². The van der Waals surface area contributed by atoms with E-state index in [1.807, 2.05) is 12.3 Å². The van der Waals surface area contributed by atoms with E-state index in [1.165, 1.54) is 16.3 Å². The summed E-state index contributed by atoms with van der Waals surface area (Å²) in [7, 11) is -1.18. The monoisotopic (exact) mass is 284 g/mol. The number of hydrogen-bond donors (Lipinski definition) is 1. The summed E-state index contributed by atoms with van der Waals surface area (Å²) in [6.45, 7) is 11.0. The van der Waals surface area contributed by atoms with Crippen LogP contribution in [-0.4, -0.2) is 13.1 Å². The lowest BCUT2D eigenvalue weighted by Crippen LogP contribution is -2.37. The second-order valence-corrected chi connectivity index (χ2v) is 11.4. The van der Waals surface area contributed by atoms with Crippen LogP contribution in [0.1, 0.15) is 16.8 Å². The molecule has 0 spiro atoms. The van der Waals surface area contributed by atoms with Crippen LogP contribution in [0.4, 0.5) is 0 Å². The molecule has 0 aliphatic rings. The molecule has 2 nitrogen and oxygen atoms in total. The van der Waals surface area contributed by atoms with Gasteiger partial charge in [0, 0.05) is 19.3 Å². The molecular formula is C17H24N2Si. The number of rotatable bonds is 5. The molecule has 3 heteroatoms. The van der Waals surface area contributed by atoms with Gasteiger partial charge in [0.15, 0.2) is 0 Å². The van der Waals surface area contributed by atoms with Crippen LogP contribution in [-0.2, 0) is 13.1 Å². The average molecular weight is 284 g/mol. The largest absolute Gasteiger partial charge is 0.307 e. The van der Waals surface area contributed by atoms with Crippen molar-refractivity contribution in [1.29, 1.82) is 0 Å². The predicted octanol–water partition coefficient (Wildman–Crippen LogP) is 3.23. The number of benzene rings is 1. The van der Waals surface area contributed by atoms with Gasteiger partial charge in [0.25, 0.3) is 0 Å².